The third-order valence-electron chi connectivity index (χ3n) is 2.76. The molecule has 0 aliphatic carbocycles. The molecule has 0 radical (unpaired) electrons. The van der Waals surface area contributed by atoms with Crippen LogP contribution < -0.4 is 5.32 Å². The molecule has 0 atom stereocenters. The van der Waals surface area contributed by atoms with Gasteiger partial charge in [-0.25, -0.2) is 14.8 Å². The Kier molecular flexibility index (Phi) is 5.06. The monoisotopic (exact) mass is 291 g/mol. The number of aryl methyl sites for hydroxylation is 1. The number of aromatic carboxylic acids is 1. The Morgan fingerprint density at radius 1 is 1.40 bits per heavy atom. The highest BCUT2D eigenvalue weighted by atomic mass is 32.1. The van der Waals surface area contributed by atoms with Gasteiger partial charge in [-0.15, -0.1) is 11.3 Å². The summed E-state index contributed by atoms with van der Waals surface area (Å²) in [5.74, 6) is -0.308. The van der Waals surface area contributed by atoms with E-state index in [1.54, 1.807) is 29.7 Å². The zero-order valence-corrected chi connectivity index (χ0v) is 12.1. The molecule has 0 unspecified atom stereocenters. The molecule has 2 heterocycles. The lowest BCUT2D eigenvalue weighted by atomic mass is 10.1. The summed E-state index contributed by atoms with van der Waals surface area (Å²) in [7, 11) is 0. The van der Waals surface area contributed by atoms with E-state index in [1.807, 2.05) is 12.3 Å². The minimum absolute atomic E-state index is 0.278. The summed E-state index contributed by atoms with van der Waals surface area (Å²) in [6, 6.07) is 3.21. The smallest absolute Gasteiger partial charge is 0.335 e. The summed E-state index contributed by atoms with van der Waals surface area (Å²) < 4.78 is 0. The third kappa shape index (κ3) is 4.03. The Morgan fingerprint density at radius 3 is 2.90 bits per heavy atom. The molecule has 0 saturated carbocycles. The maximum Gasteiger partial charge on any atom is 0.335 e. The highest BCUT2D eigenvalue weighted by Crippen LogP contribution is 2.13. The lowest BCUT2D eigenvalue weighted by Crippen LogP contribution is -2.09. The van der Waals surface area contributed by atoms with Crippen molar-refractivity contribution in [3.63, 3.8) is 0 Å². The Bertz CT molecular complexity index is 570. The van der Waals surface area contributed by atoms with Crippen LogP contribution in [0.2, 0.25) is 0 Å². The number of carboxylic acid groups (broad SMARTS) is 1. The quantitative estimate of drug-likeness (QED) is 0.820. The fraction of sp³-hybridized carbons (Fsp3) is 0.357. The Morgan fingerprint density at radius 2 is 2.25 bits per heavy atom. The SMILES string of the molecule is CCCc1cc(C(=O)O)cc(NCCc2nccs2)n1. The van der Waals surface area contributed by atoms with Crippen molar-refractivity contribution >= 4 is 23.1 Å². The van der Waals surface area contributed by atoms with Crippen LogP contribution in [-0.2, 0) is 12.8 Å². The number of hydrogen-bond acceptors (Lipinski definition) is 5. The summed E-state index contributed by atoms with van der Waals surface area (Å²) in [4.78, 5) is 19.7. The molecule has 2 aromatic rings. The number of nitrogens with zero attached hydrogens (tertiary/aromatic N) is 2. The molecule has 0 saturated heterocycles. The first-order valence-electron chi connectivity index (χ1n) is 6.55. The van der Waals surface area contributed by atoms with E-state index in [2.05, 4.69) is 15.3 Å². The molecule has 0 amide bonds. The lowest BCUT2D eigenvalue weighted by molar-refractivity contribution is 0.0696. The van der Waals surface area contributed by atoms with Crippen molar-refractivity contribution in [2.75, 3.05) is 11.9 Å². The number of rotatable bonds is 7. The van der Waals surface area contributed by atoms with E-state index < -0.39 is 5.97 Å². The zero-order valence-electron chi connectivity index (χ0n) is 11.3. The molecule has 0 aliphatic rings. The molecule has 0 aliphatic heterocycles. The van der Waals surface area contributed by atoms with Gasteiger partial charge in [0.15, 0.2) is 0 Å². The summed E-state index contributed by atoms with van der Waals surface area (Å²) in [5.41, 5.74) is 1.09. The molecule has 0 spiro atoms. The molecule has 2 N–H and O–H groups in total. The van der Waals surface area contributed by atoms with E-state index in [0.717, 1.165) is 30.0 Å². The van der Waals surface area contributed by atoms with Gasteiger partial charge in [-0.2, -0.15) is 0 Å². The van der Waals surface area contributed by atoms with E-state index in [9.17, 15) is 4.79 Å². The first-order chi connectivity index (χ1) is 9.69. The molecule has 2 rings (SSSR count). The van der Waals surface area contributed by atoms with Crippen LogP contribution in [-0.4, -0.2) is 27.6 Å². The average molecular weight is 291 g/mol. The molecule has 0 bridgehead atoms. The van der Waals surface area contributed by atoms with Gasteiger partial charge in [-0.3, -0.25) is 0 Å². The predicted octanol–water partition coefficient (Wildman–Crippen LogP) is 2.84. The Balaban J connectivity index is 2.03. The first kappa shape index (κ1) is 14.5. The van der Waals surface area contributed by atoms with Gasteiger partial charge in [-0.05, 0) is 18.6 Å². The minimum atomic E-state index is -0.923. The number of nitrogens with one attached hydrogen (secondary N) is 1. The van der Waals surface area contributed by atoms with Crippen LogP contribution in [0.15, 0.2) is 23.7 Å². The zero-order chi connectivity index (χ0) is 14.4. The fourth-order valence-corrected chi connectivity index (χ4v) is 2.48. The second kappa shape index (κ2) is 7.00. The van der Waals surface area contributed by atoms with Crippen LogP contribution in [0.25, 0.3) is 0 Å². The van der Waals surface area contributed by atoms with Gasteiger partial charge in [0.25, 0.3) is 0 Å². The summed E-state index contributed by atoms with van der Waals surface area (Å²) in [6.45, 7) is 2.74. The van der Waals surface area contributed by atoms with E-state index in [-0.39, 0.29) is 5.56 Å². The molecule has 0 fully saturated rings. The van der Waals surface area contributed by atoms with Gasteiger partial charge in [-0.1, -0.05) is 13.3 Å². The number of pyridine rings is 1. The summed E-state index contributed by atoms with van der Waals surface area (Å²) in [6.07, 6.45) is 4.30. The van der Waals surface area contributed by atoms with Gasteiger partial charge < -0.3 is 10.4 Å². The van der Waals surface area contributed by atoms with Gasteiger partial charge >= 0.3 is 5.97 Å². The largest absolute Gasteiger partial charge is 0.478 e. The molecule has 20 heavy (non-hydrogen) atoms. The highest BCUT2D eigenvalue weighted by Gasteiger charge is 2.08. The van der Waals surface area contributed by atoms with Crippen molar-refractivity contribution in [2.24, 2.45) is 0 Å². The van der Waals surface area contributed by atoms with Gasteiger partial charge in [0, 0.05) is 30.2 Å². The molecular formula is C14H17N3O2S. The molecular weight excluding hydrogens is 274 g/mol. The van der Waals surface area contributed by atoms with Crippen molar-refractivity contribution < 1.29 is 9.90 Å². The highest BCUT2D eigenvalue weighted by molar-refractivity contribution is 7.09. The number of thiazole rings is 1. The van der Waals surface area contributed by atoms with Crippen LogP contribution in [0.5, 0.6) is 0 Å². The van der Waals surface area contributed by atoms with Crippen LogP contribution in [0.3, 0.4) is 0 Å². The van der Waals surface area contributed by atoms with Crippen molar-refractivity contribution in [3.8, 4) is 0 Å². The summed E-state index contributed by atoms with van der Waals surface area (Å²) >= 11 is 1.61. The second-order valence-corrected chi connectivity index (χ2v) is 5.37. The Labute approximate surface area is 121 Å². The average Bonchev–Trinajstić information content (AvgIpc) is 2.92. The predicted molar refractivity (Wildman–Crippen MR) is 79.5 cm³/mol. The molecule has 106 valence electrons. The molecule has 5 nitrogen and oxygen atoms in total. The fourth-order valence-electron chi connectivity index (χ4n) is 1.86. The van der Waals surface area contributed by atoms with E-state index in [1.165, 1.54) is 0 Å². The van der Waals surface area contributed by atoms with Crippen molar-refractivity contribution in [1.29, 1.82) is 0 Å². The number of carbonyl (C=O) groups is 1. The number of carboxylic acids is 1. The first-order valence-corrected chi connectivity index (χ1v) is 7.43. The van der Waals surface area contributed by atoms with Crippen LogP contribution in [0.1, 0.15) is 34.4 Å². The van der Waals surface area contributed by atoms with Gasteiger partial charge in [0.05, 0.1) is 10.6 Å². The molecule has 0 aromatic carbocycles. The van der Waals surface area contributed by atoms with Crippen LogP contribution in [0, 0.1) is 0 Å². The maximum atomic E-state index is 11.1. The summed E-state index contributed by atoms with van der Waals surface area (Å²) in [5, 5.41) is 15.3. The number of anilines is 1. The molecule has 2 aromatic heterocycles. The third-order valence-corrected chi connectivity index (χ3v) is 3.60. The maximum absolute atomic E-state index is 11.1. The van der Waals surface area contributed by atoms with E-state index in [0.29, 0.717) is 12.4 Å². The van der Waals surface area contributed by atoms with Gasteiger partial charge in [0.2, 0.25) is 0 Å². The van der Waals surface area contributed by atoms with Gasteiger partial charge in [0.1, 0.15) is 5.82 Å². The second-order valence-electron chi connectivity index (χ2n) is 4.39. The van der Waals surface area contributed by atoms with Crippen LogP contribution in [0.4, 0.5) is 5.82 Å². The van der Waals surface area contributed by atoms with Crippen molar-refractivity contribution in [2.45, 2.75) is 26.2 Å². The normalized spacial score (nSPS) is 10.4. The van der Waals surface area contributed by atoms with Crippen molar-refractivity contribution in [3.05, 3.63) is 40.0 Å². The Hall–Kier alpha value is -1.95. The standard InChI is InChI=1S/C14H17N3O2S/c1-2-3-11-8-10(14(18)19)9-12(17-11)15-5-4-13-16-6-7-20-13/h6-9H,2-5H2,1H3,(H,15,17)(H,18,19). The van der Waals surface area contributed by atoms with E-state index >= 15 is 0 Å². The topological polar surface area (TPSA) is 75.1 Å². The van der Waals surface area contributed by atoms with Crippen molar-refractivity contribution in [1.82, 2.24) is 9.97 Å². The minimum Gasteiger partial charge on any atom is -0.478 e. The lowest BCUT2D eigenvalue weighted by Gasteiger charge is -2.08. The number of aromatic nitrogens is 2. The molecule has 6 heteroatoms. The number of hydrogen-bond donors (Lipinski definition) is 2. The van der Waals surface area contributed by atoms with Crippen LogP contribution >= 0.6 is 11.3 Å². The van der Waals surface area contributed by atoms with E-state index in [4.69, 9.17) is 5.11 Å².